The Morgan fingerprint density at radius 2 is 2.14 bits per heavy atom. The molecule has 0 aromatic heterocycles. The third kappa shape index (κ3) is 4.02. The highest BCUT2D eigenvalue weighted by molar-refractivity contribution is 14.1. The lowest BCUT2D eigenvalue weighted by atomic mass is 10.0. The minimum Gasteiger partial charge on any atom is -0.444 e. The Morgan fingerprint density at radius 1 is 1.48 bits per heavy atom. The molecule has 2 N–H and O–H groups in total. The highest BCUT2D eigenvalue weighted by atomic mass is 127. The summed E-state index contributed by atoms with van der Waals surface area (Å²) in [5.41, 5.74) is 7.73. The maximum atomic E-state index is 12.3. The number of rotatable bonds is 0. The van der Waals surface area contributed by atoms with Crippen LogP contribution in [-0.2, 0) is 11.3 Å². The van der Waals surface area contributed by atoms with Gasteiger partial charge in [-0.3, -0.25) is 0 Å². The van der Waals surface area contributed by atoms with Crippen LogP contribution in [0.4, 0.5) is 4.79 Å². The number of nitrogens with zero attached hydrogens (tertiary/aromatic N) is 1. The van der Waals surface area contributed by atoms with Crippen LogP contribution < -0.4 is 5.73 Å². The molecule has 0 bridgehead atoms. The number of nitrogens with two attached hydrogens (primary N) is 1. The van der Waals surface area contributed by atoms with Crippen molar-refractivity contribution in [2.24, 2.45) is 5.73 Å². The highest BCUT2D eigenvalue weighted by Crippen LogP contribution is 2.34. The SMILES string of the molecule is CC(C)(C)OC(=O)N1CC[C@@H](N)c2c(I)ccc(Cl)c2C1. The van der Waals surface area contributed by atoms with Crippen molar-refractivity contribution in [3.63, 3.8) is 0 Å². The fourth-order valence-electron chi connectivity index (χ4n) is 2.36. The average molecular weight is 423 g/mol. The summed E-state index contributed by atoms with van der Waals surface area (Å²) >= 11 is 8.58. The van der Waals surface area contributed by atoms with Gasteiger partial charge in [0.15, 0.2) is 0 Å². The number of fused-ring (bicyclic) bond motifs is 1. The molecule has 0 spiro atoms. The topological polar surface area (TPSA) is 55.6 Å². The van der Waals surface area contributed by atoms with Crippen LogP contribution in [0.2, 0.25) is 5.02 Å². The van der Waals surface area contributed by atoms with Crippen LogP contribution in [0, 0.1) is 3.57 Å². The van der Waals surface area contributed by atoms with Gasteiger partial charge >= 0.3 is 6.09 Å². The van der Waals surface area contributed by atoms with Gasteiger partial charge in [0.25, 0.3) is 0 Å². The Labute approximate surface area is 144 Å². The minimum absolute atomic E-state index is 0.113. The van der Waals surface area contributed by atoms with Gasteiger partial charge in [-0.1, -0.05) is 11.6 Å². The fraction of sp³-hybridized carbons (Fsp3) is 0.533. The van der Waals surface area contributed by atoms with Crippen LogP contribution >= 0.6 is 34.2 Å². The van der Waals surface area contributed by atoms with Gasteiger partial charge in [0.05, 0.1) is 6.54 Å². The third-order valence-corrected chi connectivity index (χ3v) is 4.62. The van der Waals surface area contributed by atoms with E-state index in [1.165, 1.54) is 0 Å². The first-order valence-corrected chi connectivity index (χ1v) is 8.35. The molecule has 0 radical (unpaired) electrons. The molecule has 1 atom stereocenters. The molecule has 0 saturated heterocycles. The Hall–Kier alpha value is -0.530. The number of ether oxygens (including phenoxy) is 1. The summed E-state index contributed by atoms with van der Waals surface area (Å²) in [6.45, 7) is 6.58. The third-order valence-electron chi connectivity index (χ3n) is 3.33. The second-order valence-electron chi connectivity index (χ2n) is 6.22. The largest absolute Gasteiger partial charge is 0.444 e. The molecular formula is C15H20ClIN2O2. The first kappa shape index (κ1) is 16.8. The summed E-state index contributed by atoms with van der Waals surface area (Å²) in [6, 6.07) is 3.70. The van der Waals surface area contributed by atoms with Crippen LogP contribution in [0.15, 0.2) is 12.1 Å². The van der Waals surface area contributed by atoms with Crippen molar-refractivity contribution in [3.8, 4) is 0 Å². The molecule has 0 fully saturated rings. The second kappa shape index (κ2) is 6.30. The molecule has 1 aliphatic rings. The van der Waals surface area contributed by atoms with Gasteiger partial charge in [0.1, 0.15) is 5.60 Å². The van der Waals surface area contributed by atoms with Crippen molar-refractivity contribution >= 4 is 40.3 Å². The lowest BCUT2D eigenvalue weighted by molar-refractivity contribution is 0.0235. The van der Waals surface area contributed by atoms with Crippen LogP contribution in [0.1, 0.15) is 44.4 Å². The predicted octanol–water partition coefficient (Wildman–Crippen LogP) is 4.09. The number of benzene rings is 1. The molecule has 1 aromatic carbocycles. The van der Waals surface area contributed by atoms with Gasteiger partial charge < -0.3 is 15.4 Å². The molecule has 1 amide bonds. The molecule has 1 aliphatic heterocycles. The molecule has 21 heavy (non-hydrogen) atoms. The predicted molar refractivity (Wildman–Crippen MR) is 92.4 cm³/mol. The summed E-state index contributed by atoms with van der Waals surface area (Å²) < 4.78 is 6.54. The smallest absolute Gasteiger partial charge is 0.410 e. The molecule has 6 heteroatoms. The summed E-state index contributed by atoms with van der Waals surface area (Å²) in [6.07, 6.45) is 0.375. The van der Waals surface area contributed by atoms with E-state index < -0.39 is 5.60 Å². The molecule has 4 nitrogen and oxygen atoms in total. The standard InChI is InChI=1S/C15H20ClIN2O2/c1-15(2,3)21-14(20)19-7-6-12(18)13-9(8-19)10(16)4-5-11(13)17/h4-5,12H,6-8,18H2,1-3H3/t12-/m1/s1. The lowest BCUT2D eigenvalue weighted by Gasteiger charge is -2.26. The van der Waals surface area contributed by atoms with E-state index in [9.17, 15) is 4.79 Å². The molecule has 1 heterocycles. The summed E-state index contributed by atoms with van der Waals surface area (Å²) in [7, 11) is 0. The first-order chi connectivity index (χ1) is 9.69. The fourth-order valence-corrected chi connectivity index (χ4v) is 3.49. The lowest BCUT2D eigenvalue weighted by Crippen LogP contribution is -2.36. The van der Waals surface area contributed by atoms with Crippen LogP contribution in [0.3, 0.4) is 0 Å². The van der Waals surface area contributed by atoms with E-state index in [4.69, 9.17) is 22.1 Å². The van der Waals surface area contributed by atoms with E-state index in [1.54, 1.807) is 4.90 Å². The number of hydrogen-bond donors (Lipinski definition) is 1. The van der Waals surface area contributed by atoms with Crippen LogP contribution in [0.25, 0.3) is 0 Å². The van der Waals surface area contributed by atoms with Crippen LogP contribution in [-0.4, -0.2) is 23.1 Å². The maximum Gasteiger partial charge on any atom is 0.410 e. The van der Waals surface area contributed by atoms with Crippen molar-refractivity contribution in [1.82, 2.24) is 4.90 Å². The van der Waals surface area contributed by atoms with Crippen molar-refractivity contribution in [1.29, 1.82) is 0 Å². The van der Waals surface area contributed by atoms with Gasteiger partial charge in [0.2, 0.25) is 0 Å². The number of carbonyl (C=O) groups excluding carboxylic acids is 1. The average Bonchev–Trinajstić information content (AvgIpc) is 2.52. The number of amides is 1. The number of carbonyl (C=O) groups is 1. The Kier molecular flexibility index (Phi) is 5.05. The number of halogens is 2. The van der Waals surface area contributed by atoms with Gasteiger partial charge in [-0.25, -0.2) is 4.79 Å². The Bertz CT molecular complexity index is 557. The summed E-state index contributed by atoms with van der Waals surface area (Å²) in [5.74, 6) is 0. The molecule has 0 saturated carbocycles. The molecular weight excluding hydrogens is 403 g/mol. The zero-order chi connectivity index (χ0) is 15.8. The van der Waals surface area contributed by atoms with E-state index in [1.807, 2.05) is 32.9 Å². The van der Waals surface area contributed by atoms with E-state index in [0.29, 0.717) is 24.5 Å². The van der Waals surface area contributed by atoms with Crippen molar-refractivity contribution in [2.45, 2.75) is 45.4 Å². The zero-order valence-electron chi connectivity index (χ0n) is 12.5. The van der Waals surface area contributed by atoms with E-state index in [2.05, 4.69) is 22.6 Å². The maximum absolute atomic E-state index is 12.3. The summed E-state index contributed by atoms with van der Waals surface area (Å²) in [5, 5.41) is 0.649. The molecule has 2 rings (SSSR count). The normalized spacial score (nSPS) is 19.0. The second-order valence-corrected chi connectivity index (χ2v) is 7.79. The van der Waals surface area contributed by atoms with Gasteiger partial charge in [-0.15, -0.1) is 0 Å². The van der Waals surface area contributed by atoms with E-state index >= 15 is 0 Å². The quantitative estimate of drug-likeness (QED) is 0.641. The molecule has 0 aliphatic carbocycles. The van der Waals surface area contributed by atoms with Gasteiger partial charge in [0, 0.05) is 21.2 Å². The van der Waals surface area contributed by atoms with Crippen molar-refractivity contribution < 1.29 is 9.53 Å². The van der Waals surface area contributed by atoms with Gasteiger partial charge in [-0.05, 0) is 73.0 Å². The highest BCUT2D eigenvalue weighted by Gasteiger charge is 2.29. The Morgan fingerprint density at radius 3 is 2.76 bits per heavy atom. The molecule has 1 aromatic rings. The Balaban J connectivity index is 2.31. The zero-order valence-corrected chi connectivity index (χ0v) is 15.4. The monoisotopic (exact) mass is 422 g/mol. The minimum atomic E-state index is -0.511. The van der Waals surface area contributed by atoms with E-state index in [-0.39, 0.29) is 12.1 Å². The van der Waals surface area contributed by atoms with E-state index in [0.717, 1.165) is 14.7 Å². The summed E-state index contributed by atoms with van der Waals surface area (Å²) in [4.78, 5) is 14.0. The number of hydrogen-bond acceptors (Lipinski definition) is 3. The van der Waals surface area contributed by atoms with Crippen LogP contribution in [0.5, 0.6) is 0 Å². The molecule has 0 unspecified atom stereocenters. The van der Waals surface area contributed by atoms with Crippen molar-refractivity contribution in [2.75, 3.05) is 6.54 Å². The first-order valence-electron chi connectivity index (χ1n) is 6.89. The van der Waals surface area contributed by atoms with Crippen molar-refractivity contribution in [3.05, 3.63) is 31.9 Å². The van der Waals surface area contributed by atoms with Gasteiger partial charge in [-0.2, -0.15) is 0 Å². The molecule has 116 valence electrons.